The zero-order valence-corrected chi connectivity index (χ0v) is 15.0. The Morgan fingerprint density at radius 1 is 1.08 bits per heavy atom. The molecular weight excluding hydrogens is 336 g/mol. The van der Waals surface area contributed by atoms with Gasteiger partial charge in [-0.15, -0.1) is 0 Å². The molecule has 1 fully saturated rings. The summed E-state index contributed by atoms with van der Waals surface area (Å²) in [7, 11) is 0. The summed E-state index contributed by atoms with van der Waals surface area (Å²) in [6.07, 6.45) is 0.231. The summed E-state index contributed by atoms with van der Waals surface area (Å²) in [5, 5.41) is 0. The quantitative estimate of drug-likeness (QED) is 0.676. The first-order valence-corrected chi connectivity index (χ1v) is 8.81. The van der Waals surface area contributed by atoms with Crippen molar-refractivity contribution >= 4 is 6.09 Å². The van der Waals surface area contributed by atoms with Crippen LogP contribution in [0, 0.1) is 11.6 Å². The molecule has 26 heavy (non-hydrogen) atoms. The number of carbonyl (C=O) groups is 1. The minimum Gasteiger partial charge on any atom is -0.444 e. The number of rotatable bonds is 1. The van der Waals surface area contributed by atoms with Crippen LogP contribution in [-0.4, -0.2) is 16.6 Å². The van der Waals surface area contributed by atoms with Crippen LogP contribution in [0.5, 0.6) is 0 Å². The van der Waals surface area contributed by atoms with Crippen molar-refractivity contribution in [2.45, 2.75) is 50.8 Å². The second-order valence-electron chi connectivity index (χ2n) is 8.00. The van der Waals surface area contributed by atoms with Crippen molar-refractivity contribution in [3.8, 4) is 0 Å². The van der Waals surface area contributed by atoms with Crippen LogP contribution in [0.4, 0.5) is 13.6 Å². The van der Waals surface area contributed by atoms with E-state index in [9.17, 15) is 13.6 Å². The topological polar surface area (TPSA) is 29.5 Å². The predicted octanol–water partition coefficient (Wildman–Crippen LogP) is 5.49. The van der Waals surface area contributed by atoms with Gasteiger partial charge in [-0.3, -0.25) is 4.90 Å². The Bertz CT molecular complexity index is 860. The second-order valence-corrected chi connectivity index (χ2v) is 8.00. The van der Waals surface area contributed by atoms with Crippen LogP contribution in [0.3, 0.4) is 0 Å². The van der Waals surface area contributed by atoms with Gasteiger partial charge in [0.05, 0.1) is 12.1 Å². The molecule has 0 radical (unpaired) electrons. The Labute approximate surface area is 151 Å². The fraction of sp³-hybridized carbons (Fsp3) is 0.381. The molecule has 4 rings (SSSR count). The molecule has 2 aliphatic heterocycles. The summed E-state index contributed by atoms with van der Waals surface area (Å²) in [4.78, 5) is 14.5. The monoisotopic (exact) mass is 357 g/mol. The summed E-state index contributed by atoms with van der Waals surface area (Å²) in [5.41, 5.74) is 1.82. The summed E-state index contributed by atoms with van der Waals surface area (Å²) in [5.74, 6) is -1.73. The minimum absolute atomic E-state index is 0.0334. The van der Waals surface area contributed by atoms with E-state index in [4.69, 9.17) is 4.74 Å². The number of halogens is 2. The number of benzene rings is 2. The standard InChI is InChI=1S/C21H21F2NO2/c1-21(2,3)26-20(25)24-18-11-13(12-7-5-4-6-8-12)19(24)15-10-17(23)16(22)9-14(15)18/h4-10,13,18-19H,11H2,1-3H3. The van der Waals surface area contributed by atoms with Gasteiger partial charge in [0.2, 0.25) is 0 Å². The van der Waals surface area contributed by atoms with Crippen molar-refractivity contribution in [2.75, 3.05) is 0 Å². The Kier molecular flexibility index (Phi) is 3.79. The van der Waals surface area contributed by atoms with Gasteiger partial charge in [-0.2, -0.15) is 0 Å². The van der Waals surface area contributed by atoms with E-state index in [0.717, 1.165) is 5.56 Å². The van der Waals surface area contributed by atoms with Crippen LogP contribution in [0.25, 0.3) is 0 Å². The average Bonchev–Trinajstić information content (AvgIpc) is 3.09. The zero-order chi connectivity index (χ0) is 18.6. The van der Waals surface area contributed by atoms with Gasteiger partial charge in [-0.25, -0.2) is 13.6 Å². The zero-order valence-electron chi connectivity index (χ0n) is 15.0. The molecule has 2 aromatic carbocycles. The van der Waals surface area contributed by atoms with E-state index in [2.05, 4.69) is 0 Å². The van der Waals surface area contributed by atoms with Crippen molar-refractivity contribution in [2.24, 2.45) is 0 Å². The van der Waals surface area contributed by atoms with E-state index in [1.165, 1.54) is 12.1 Å². The van der Waals surface area contributed by atoms with Crippen molar-refractivity contribution < 1.29 is 18.3 Å². The van der Waals surface area contributed by atoms with Crippen LogP contribution in [0.15, 0.2) is 42.5 Å². The van der Waals surface area contributed by atoms with Gasteiger partial charge in [0.25, 0.3) is 0 Å². The summed E-state index contributed by atoms with van der Waals surface area (Å²) >= 11 is 0. The molecule has 2 heterocycles. The smallest absolute Gasteiger partial charge is 0.411 e. The Morgan fingerprint density at radius 2 is 1.69 bits per heavy atom. The summed E-state index contributed by atoms with van der Waals surface area (Å²) in [6.45, 7) is 5.43. The van der Waals surface area contributed by atoms with E-state index in [0.29, 0.717) is 17.5 Å². The minimum atomic E-state index is -0.882. The number of hydrogen-bond acceptors (Lipinski definition) is 2. The molecule has 3 atom stereocenters. The number of carbonyl (C=O) groups excluding carboxylic acids is 1. The summed E-state index contributed by atoms with van der Waals surface area (Å²) in [6, 6.07) is 11.7. The lowest BCUT2D eigenvalue weighted by Gasteiger charge is -2.29. The molecular formula is C21H21F2NO2. The summed E-state index contributed by atoms with van der Waals surface area (Å²) < 4.78 is 33.3. The Hall–Kier alpha value is -2.43. The van der Waals surface area contributed by atoms with Gasteiger partial charge in [-0.05, 0) is 56.0 Å². The molecule has 2 bridgehead atoms. The van der Waals surface area contributed by atoms with Crippen molar-refractivity contribution in [1.29, 1.82) is 0 Å². The maximum absolute atomic E-state index is 13.9. The number of amides is 1. The van der Waals surface area contributed by atoms with Crippen LogP contribution in [0.1, 0.15) is 61.9 Å². The van der Waals surface area contributed by atoms with E-state index in [-0.39, 0.29) is 18.0 Å². The number of fused-ring (bicyclic) bond motifs is 5. The van der Waals surface area contributed by atoms with Crippen molar-refractivity contribution in [3.05, 3.63) is 70.8 Å². The highest BCUT2D eigenvalue weighted by Crippen LogP contribution is 2.60. The van der Waals surface area contributed by atoms with E-state index < -0.39 is 23.3 Å². The maximum atomic E-state index is 13.9. The molecule has 1 saturated heterocycles. The normalized spacial score (nSPS) is 23.9. The molecule has 0 aliphatic carbocycles. The third-order valence-corrected chi connectivity index (χ3v) is 5.13. The predicted molar refractivity (Wildman–Crippen MR) is 93.7 cm³/mol. The van der Waals surface area contributed by atoms with Gasteiger partial charge in [0.15, 0.2) is 11.6 Å². The van der Waals surface area contributed by atoms with Crippen LogP contribution < -0.4 is 0 Å². The lowest BCUT2D eigenvalue weighted by atomic mass is 9.80. The first-order valence-electron chi connectivity index (χ1n) is 8.81. The van der Waals surface area contributed by atoms with E-state index in [1.54, 1.807) is 4.90 Å². The van der Waals surface area contributed by atoms with Crippen molar-refractivity contribution in [1.82, 2.24) is 4.90 Å². The third-order valence-electron chi connectivity index (χ3n) is 5.13. The molecule has 0 N–H and O–H groups in total. The number of ether oxygens (including phenoxy) is 1. The molecule has 3 unspecified atom stereocenters. The highest BCUT2D eigenvalue weighted by Gasteiger charge is 2.54. The molecule has 0 aromatic heterocycles. The van der Waals surface area contributed by atoms with Gasteiger partial charge in [-0.1, -0.05) is 30.3 Å². The highest BCUT2D eigenvalue weighted by atomic mass is 19.2. The number of nitrogens with zero attached hydrogens (tertiary/aromatic N) is 1. The highest BCUT2D eigenvalue weighted by molar-refractivity contribution is 5.73. The maximum Gasteiger partial charge on any atom is 0.411 e. The molecule has 5 heteroatoms. The fourth-order valence-electron chi connectivity index (χ4n) is 4.21. The SMILES string of the molecule is CC(C)(C)OC(=O)N1C2CC(c3ccccc3)C1c1cc(F)c(F)cc12. The van der Waals surface area contributed by atoms with Crippen LogP contribution >= 0.6 is 0 Å². The average molecular weight is 357 g/mol. The van der Waals surface area contributed by atoms with Crippen LogP contribution in [-0.2, 0) is 4.74 Å². The van der Waals surface area contributed by atoms with Gasteiger partial charge in [0.1, 0.15) is 5.60 Å². The lowest BCUT2D eigenvalue weighted by Crippen LogP contribution is -2.35. The molecule has 0 saturated carbocycles. The second kappa shape index (κ2) is 5.79. The fourth-order valence-corrected chi connectivity index (χ4v) is 4.21. The van der Waals surface area contributed by atoms with Crippen molar-refractivity contribution in [3.63, 3.8) is 0 Å². The van der Waals surface area contributed by atoms with E-state index in [1.807, 2.05) is 51.1 Å². The Morgan fingerprint density at radius 3 is 2.31 bits per heavy atom. The largest absolute Gasteiger partial charge is 0.444 e. The molecule has 0 spiro atoms. The lowest BCUT2D eigenvalue weighted by molar-refractivity contribution is 0.0172. The number of hydrogen-bond donors (Lipinski definition) is 0. The molecule has 2 aliphatic rings. The first kappa shape index (κ1) is 17.0. The molecule has 1 amide bonds. The van der Waals surface area contributed by atoms with Crippen LogP contribution in [0.2, 0.25) is 0 Å². The molecule has 136 valence electrons. The van der Waals surface area contributed by atoms with Gasteiger partial charge >= 0.3 is 6.09 Å². The van der Waals surface area contributed by atoms with E-state index >= 15 is 0 Å². The molecule has 2 aromatic rings. The molecule has 3 nitrogen and oxygen atoms in total. The first-order chi connectivity index (χ1) is 12.3. The Balaban J connectivity index is 1.78. The van der Waals surface area contributed by atoms with Gasteiger partial charge < -0.3 is 4.74 Å². The van der Waals surface area contributed by atoms with Gasteiger partial charge in [0, 0.05) is 5.92 Å². The third kappa shape index (κ3) is 2.66.